The van der Waals surface area contributed by atoms with E-state index >= 15 is 0 Å². The number of nitrogens with zero attached hydrogens (tertiary/aromatic N) is 2. The van der Waals surface area contributed by atoms with Crippen molar-refractivity contribution in [1.29, 1.82) is 0 Å². The largest absolute Gasteiger partial charge is 0.320 e. The monoisotopic (exact) mass is 290 g/mol. The van der Waals surface area contributed by atoms with Crippen molar-refractivity contribution >= 4 is 34.2 Å². The van der Waals surface area contributed by atoms with Gasteiger partial charge in [0.05, 0.1) is 16.3 Å². The molecule has 0 unspecified atom stereocenters. The molecule has 1 aromatic heterocycles. The summed E-state index contributed by atoms with van der Waals surface area (Å²) in [5.41, 5.74) is 1.32. The van der Waals surface area contributed by atoms with E-state index in [-0.39, 0.29) is 10.6 Å². The van der Waals surface area contributed by atoms with Crippen molar-refractivity contribution in [3.63, 3.8) is 0 Å². The number of hydrogen-bond donors (Lipinski definition) is 2. The number of nitrogens with one attached hydrogen (secondary N) is 2. The van der Waals surface area contributed by atoms with Crippen molar-refractivity contribution in [2.24, 2.45) is 0 Å². The van der Waals surface area contributed by atoms with Crippen LogP contribution in [-0.4, -0.2) is 21.3 Å². The quantitative estimate of drug-likeness (QED) is 0.762. The number of anilines is 1. The first-order valence-corrected chi connectivity index (χ1v) is 6.09. The third-order valence-electron chi connectivity index (χ3n) is 2.79. The summed E-state index contributed by atoms with van der Waals surface area (Å²) < 4.78 is 13.7. The highest BCUT2D eigenvalue weighted by molar-refractivity contribution is 6.34. The van der Waals surface area contributed by atoms with E-state index in [0.29, 0.717) is 16.7 Å². The Kier molecular flexibility index (Phi) is 3.08. The van der Waals surface area contributed by atoms with Gasteiger partial charge < -0.3 is 5.32 Å². The molecule has 0 atom stereocenters. The molecule has 2 aromatic carbocycles. The Bertz CT molecular complexity index is 782. The number of para-hydroxylation sites is 1. The van der Waals surface area contributed by atoms with Crippen LogP contribution in [0.1, 0.15) is 10.4 Å². The van der Waals surface area contributed by atoms with Crippen LogP contribution < -0.4 is 5.32 Å². The van der Waals surface area contributed by atoms with E-state index in [1.54, 1.807) is 18.2 Å². The smallest absolute Gasteiger partial charge is 0.260 e. The number of benzene rings is 2. The van der Waals surface area contributed by atoms with Gasteiger partial charge >= 0.3 is 0 Å². The van der Waals surface area contributed by atoms with Gasteiger partial charge in [0.25, 0.3) is 5.91 Å². The topological polar surface area (TPSA) is 70.7 Å². The molecule has 0 saturated heterocycles. The van der Waals surface area contributed by atoms with Gasteiger partial charge in [-0.3, -0.25) is 4.79 Å². The number of carbonyl (C=O) groups is 1. The summed E-state index contributed by atoms with van der Waals surface area (Å²) in [5, 5.41) is 12.9. The lowest BCUT2D eigenvalue weighted by Crippen LogP contribution is -2.14. The van der Waals surface area contributed by atoms with Gasteiger partial charge in [-0.15, -0.1) is 0 Å². The van der Waals surface area contributed by atoms with E-state index in [4.69, 9.17) is 11.6 Å². The van der Waals surface area contributed by atoms with E-state index in [9.17, 15) is 9.18 Å². The molecule has 0 aliphatic rings. The third kappa shape index (κ3) is 2.10. The normalized spacial score (nSPS) is 10.7. The summed E-state index contributed by atoms with van der Waals surface area (Å²) in [7, 11) is 0. The second-order valence-corrected chi connectivity index (χ2v) is 4.45. The number of amides is 1. The average Bonchev–Trinajstić information content (AvgIpc) is 2.88. The molecule has 0 aliphatic heterocycles. The highest BCUT2D eigenvalue weighted by Gasteiger charge is 2.17. The Morgan fingerprint density at radius 3 is 2.80 bits per heavy atom. The van der Waals surface area contributed by atoms with Crippen LogP contribution in [0, 0.1) is 5.82 Å². The number of aromatic amines is 1. The molecule has 0 fully saturated rings. The summed E-state index contributed by atoms with van der Waals surface area (Å²) in [6, 6.07) is 9.17. The zero-order valence-corrected chi connectivity index (χ0v) is 10.8. The molecule has 0 spiro atoms. The first-order valence-electron chi connectivity index (χ1n) is 5.71. The molecular weight excluding hydrogens is 283 g/mol. The van der Waals surface area contributed by atoms with E-state index in [1.807, 2.05) is 0 Å². The molecule has 1 heterocycles. The van der Waals surface area contributed by atoms with E-state index in [1.165, 1.54) is 18.2 Å². The van der Waals surface area contributed by atoms with E-state index < -0.39 is 11.7 Å². The molecule has 20 heavy (non-hydrogen) atoms. The molecule has 3 rings (SSSR count). The maximum atomic E-state index is 13.7. The number of hydrogen-bond acceptors (Lipinski definition) is 3. The number of rotatable bonds is 2. The lowest BCUT2D eigenvalue weighted by atomic mass is 10.2. The fraction of sp³-hybridized carbons (Fsp3) is 0. The van der Waals surface area contributed by atoms with Crippen LogP contribution in [-0.2, 0) is 0 Å². The second-order valence-electron chi connectivity index (χ2n) is 4.05. The molecule has 0 saturated carbocycles. The minimum atomic E-state index is -0.678. The first-order chi connectivity index (χ1) is 9.66. The Morgan fingerprint density at radius 2 is 2.00 bits per heavy atom. The lowest BCUT2D eigenvalue weighted by Gasteiger charge is -2.07. The van der Waals surface area contributed by atoms with Crippen LogP contribution >= 0.6 is 11.6 Å². The lowest BCUT2D eigenvalue weighted by molar-refractivity contribution is 0.102. The standard InChI is InChI=1S/C13H8ClFN4O/c14-7-3-1-4-8(15)11(7)13(20)16-9-5-2-6-10-12(9)18-19-17-10/h1-6H,(H,16,20)(H,17,18,19). The van der Waals surface area contributed by atoms with Crippen LogP contribution in [0.25, 0.3) is 11.0 Å². The van der Waals surface area contributed by atoms with Crippen LogP contribution in [0.3, 0.4) is 0 Å². The maximum absolute atomic E-state index is 13.7. The highest BCUT2D eigenvalue weighted by Crippen LogP contribution is 2.23. The van der Waals surface area contributed by atoms with Crippen LogP contribution in [0.2, 0.25) is 5.02 Å². The maximum Gasteiger partial charge on any atom is 0.260 e. The van der Waals surface area contributed by atoms with Crippen molar-refractivity contribution in [2.45, 2.75) is 0 Å². The molecular formula is C13H8ClFN4O. The second kappa shape index (κ2) is 4.90. The number of aromatic nitrogens is 3. The third-order valence-corrected chi connectivity index (χ3v) is 3.10. The molecule has 1 amide bonds. The van der Waals surface area contributed by atoms with E-state index in [2.05, 4.69) is 20.7 Å². The number of fused-ring (bicyclic) bond motifs is 1. The predicted molar refractivity (Wildman–Crippen MR) is 73.3 cm³/mol. The van der Waals surface area contributed by atoms with Gasteiger partial charge in [0, 0.05) is 0 Å². The summed E-state index contributed by atoms with van der Waals surface area (Å²) in [6.45, 7) is 0. The van der Waals surface area contributed by atoms with Gasteiger partial charge in [-0.05, 0) is 24.3 Å². The summed E-state index contributed by atoms with van der Waals surface area (Å²) >= 11 is 5.85. The number of halogens is 2. The summed E-state index contributed by atoms with van der Waals surface area (Å²) in [6.07, 6.45) is 0. The summed E-state index contributed by atoms with van der Waals surface area (Å²) in [4.78, 5) is 12.1. The minimum absolute atomic E-state index is 0.0508. The molecule has 5 nitrogen and oxygen atoms in total. The van der Waals surface area contributed by atoms with Crippen molar-refractivity contribution < 1.29 is 9.18 Å². The molecule has 2 N–H and O–H groups in total. The van der Waals surface area contributed by atoms with Gasteiger partial charge in [0.1, 0.15) is 16.9 Å². The Hall–Kier alpha value is -2.47. The zero-order valence-electron chi connectivity index (χ0n) is 10.0. The van der Waals surface area contributed by atoms with Gasteiger partial charge in [0.2, 0.25) is 0 Å². The molecule has 0 aliphatic carbocycles. The zero-order chi connectivity index (χ0) is 14.1. The van der Waals surface area contributed by atoms with Gasteiger partial charge in [-0.1, -0.05) is 23.7 Å². The molecule has 3 aromatic rings. The van der Waals surface area contributed by atoms with Crippen molar-refractivity contribution in [2.75, 3.05) is 5.32 Å². The summed E-state index contributed by atoms with van der Waals surface area (Å²) in [5.74, 6) is -1.31. The SMILES string of the molecule is O=C(Nc1cccc2n[nH]nc12)c1c(F)cccc1Cl. The molecule has 0 bridgehead atoms. The Balaban J connectivity index is 1.99. The minimum Gasteiger partial charge on any atom is -0.320 e. The molecule has 100 valence electrons. The molecule has 7 heteroatoms. The first kappa shape index (κ1) is 12.6. The van der Waals surface area contributed by atoms with Crippen molar-refractivity contribution in [3.05, 3.63) is 52.8 Å². The van der Waals surface area contributed by atoms with Crippen LogP contribution in [0.4, 0.5) is 10.1 Å². The van der Waals surface area contributed by atoms with Crippen LogP contribution in [0.15, 0.2) is 36.4 Å². The number of H-pyrrole nitrogens is 1. The fourth-order valence-corrected chi connectivity index (χ4v) is 2.12. The average molecular weight is 291 g/mol. The van der Waals surface area contributed by atoms with Crippen molar-refractivity contribution in [1.82, 2.24) is 15.4 Å². The van der Waals surface area contributed by atoms with Gasteiger partial charge in [-0.2, -0.15) is 15.4 Å². The van der Waals surface area contributed by atoms with Crippen molar-refractivity contribution in [3.8, 4) is 0 Å². The number of carbonyl (C=O) groups excluding carboxylic acids is 1. The Labute approximate surface area is 117 Å². The molecule has 0 radical (unpaired) electrons. The van der Waals surface area contributed by atoms with Gasteiger partial charge in [-0.25, -0.2) is 4.39 Å². The van der Waals surface area contributed by atoms with E-state index in [0.717, 1.165) is 0 Å². The predicted octanol–water partition coefficient (Wildman–Crippen LogP) is 3.00. The fourth-order valence-electron chi connectivity index (χ4n) is 1.87. The highest BCUT2D eigenvalue weighted by atomic mass is 35.5. The van der Waals surface area contributed by atoms with Crippen LogP contribution in [0.5, 0.6) is 0 Å². The van der Waals surface area contributed by atoms with Gasteiger partial charge in [0.15, 0.2) is 0 Å². The Morgan fingerprint density at radius 1 is 1.20 bits per heavy atom.